The van der Waals surface area contributed by atoms with Gasteiger partial charge in [-0.25, -0.2) is 4.79 Å². The fraction of sp³-hybridized carbons (Fsp3) is 0.421. The van der Waals surface area contributed by atoms with Gasteiger partial charge in [0.15, 0.2) is 0 Å². The molecule has 6 rings (SSSR count). The lowest BCUT2D eigenvalue weighted by Crippen LogP contribution is -2.12. The molecular formula is C38H48N4O5. The second kappa shape index (κ2) is 16.6. The van der Waals surface area contributed by atoms with Crippen LogP contribution in [0.5, 0.6) is 5.75 Å². The van der Waals surface area contributed by atoms with Crippen LogP contribution in [0.3, 0.4) is 0 Å². The molecule has 5 aromatic rings. The highest BCUT2D eigenvalue weighted by atomic mass is 16.5. The van der Waals surface area contributed by atoms with Crippen LogP contribution >= 0.6 is 0 Å². The second-order valence-corrected chi connectivity index (χ2v) is 11.8. The molecule has 9 nitrogen and oxygen atoms in total. The van der Waals surface area contributed by atoms with Crippen LogP contribution in [0, 0.1) is 6.92 Å². The number of benzene rings is 3. The van der Waals surface area contributed by atoms with Gasteiger partial charge in [0.25, 0.3) is 0 Å². The Balaban J connectivity index is 0.000000807. The molecule has 2 aromatic heterocycles. The van der Waals surface area contributed by atoms with Crippen LogP contribution < -0.4 is 10.1 Å². The minimum absolute atomic E-state index is 0.369. The summed E-state index contributed by atoms with van der Waals surface area (Å²) < 4.78 is 21.6. The van der Waals surface area contributed by atoms with E-state index in [2.05, 4.69) is 56.4 Å². The highest BCUT2D eigenvalue weighted by Gasteiger charge is 2.27. The third-order valence-electron chi connectivity index (χ3n) is 8.68. The molecule has 47 heavy (non-hydrogen) atoms. The Hall–Kier alpha value is -4.18. The van der Waals surface area contributed by atoms with Gasteiger partial charge in [-0.1, -0.05) is 68.4 Å². The molecular weight excluding hydrogens is 592 g/mol. The molecule has 0 fully saturated rings. The first kappa shape index (κ1) is 34.2. The van der Waals surface area contributed by atoms with Crippen molar-refractivity contribution < 1.29 is 24.1 Å². The van der Waals surface area contributed by atoms with Crippen molar-refractivity contribution in [1.29, 1.82) is 0 Å². The molecule has 9 heteroatoms. The first-order chi connectivity index (χ1) is 23.0. The number of aromatic nitrogens is 3. The number of carboxylic acids is 1. The highest BCUT2D eigenvalue weighted by molar-refractivity contribution is 6.04. The Labute approximate surface area is 277 Å². The minimum atomic E-state index is -0.902. The van der Waals surface area contributed by atoms with E-state index in [0.717, 1.165) is 81.4 Å². The monoisotopic (exact) mass is 640 g/mol. The van der Waals surface area contributed by atoms with Gasteiger partial charge >= 0.3 is 5.97 Å². The van der Waals surface area contributed by atoms with E-state index in [1.54, 1.807) is 7.11 Å². The molecule has 0 aliphatic carbocycles. The fourth-order valence-corrected chi connectivity index (χ4v) is 6.50. The number of ether oxygens (including phenoxy) is 3. The SMILES string of the molecule is CCNCC.COCCn1nc2c(c1C)-c1cccc3c(CCCOc4cccc5ccccc45)c(C(=O)O)n(c13)CCCCOC2. The van der Waals surface area contributed by atoms with E-state index in [4.69, 9.17) is 19.3 Å². The van der Waals surface area contributed by atoms with Gasteiger partial charge in [-0.2, -0.15) is 5.10 Å². The van der Waals surface area contributed by atoms with Crippen molar-refractivity contribution in [3.63, 3.8) is 0 Å². The van der Waals surface area contributed by atoms with Crippen molar-refractivity contribution in [3.8, 4) is 16.9 Å². The van der Waals surface area contributed by atoms with E-state index in [1.165, 1.54) is 0 Å². The number of aryl methyl sites for hydroxylation is 2. The van der Waals surface area contributed by atoms with E-state index in [1.807, 2.05) is 39.6 Å². The Morgan fingerprint density at radius 2 is 1.77 bits per heavy atom. The Morgan fingerprint density at radius 3 is 2.53 bits per heavy atom. The maximum Gasteiger partial charge on any atom is 0.352 e. The van der Waals surface area contributed by atoms with Gasteiger partial charge in [-0.05, 0) is 62.7 Å². The predicted octanol–water partition coefficient (Wildman–Crippen LogP) is 7.25. The molecule has 0 amide bonds. The standard InChI is InChI=1S/C34H37N3O5.C4H11N/c1-23-31-28-14-8-13-26-27(15-9-20-42-30-16-7-11-24-10-3-4-12-25(24)30)33(34(38)39)36(32(26)28)17-5-6-19-41-22-29(31)35-37(23)18-21-40-2;1-3-5-4-2/h3-4,7-8,10-14,16H,5-6,9,15,17-22H2,1-2H3,(H,38,39);5H,3-4H2,1-2H3. The normalized spacial score (nSPS) is 13.1. The van der Waals surface area contributed by atoms with Gasteiger partial charge in [0.2, 0.25) is 0 Å². The summed E-state index contributed by atoms with van der Waals surface area (Å²) in [6.45, 7) is 11.8. The third kappa shape index (κ3) is 7.70. The Bertz CT molecular complexity index is 1780. The van der Waals surface area contributed by atoms with Crippen molar-refractivity contribution >= 4 is 27.6 Å². The summed E-state index contributed by atoms with van der Waals surface area (Å²) in [6.07, 6.45) is 2.96. The van der Waals surface area contributed by atoms with Gasteiger partial charge in [0.05, 0.1) is 37.6 Å². The summed E-state index contributed by atoms with van der Waals surface area (Å²) in [5.74, 6) is -0.0533. The number of hydrogen-bond donors (Lipinski definition) is 2. The van der Waals surface area contributed by atoms with Crippen LogP contribution in [0.4, 0.5) is 0 Å². The molecule has 0 saturated heterocycles. The predicted molar refractivity (Wildman–Crippen MR) is 188 cm³/mol. The lowest BCUT2D eigenvalue weighted by molar-refractivity contribution is 0.0683. The smallest absolute Gasteiger partial charge is 0.352 e. The molecule has 0 radical (unpaired) electrons. The molecule has 250 valence electrons. The molecule has 0 spiro atoms. The van der Waals surface area contributed by atoms with E-state index in [0.29, 0.717) is 58.1 Å². The molecule has 0 saturated carbocycles. The van der Waals surface area contributed by atoms with Crippen LogP contribution in [0.1, 0.15) is 60.5 Å². The minimum Gasteiger partial charge on any atom is -0.493 e. The van der Waals surface area contributed by atoms with Crippen molar-refractivity contribution in [3.05, 3.63) is 83.3 Å². The average Bonchev–Trinajstić information content (AvgIpc) is 3.56. The van der Waals surface area contributed by atoms with Crippen molar-refractivity contribution in [2.45, 2.75) is 66.2 Å². The highest BCUT2D eigenvalue weighted by Crippen LogP contribution is 2.39. The molecule has 3 aromatic carbocycles. The first-order valence-electron chi connectivity index (χ1n) is 16.8. The van der Waals surface area contributed by atoms with Crippen LogP contribution in [-0.2, 0) is 35.6 Å². The largest absolute Gasteiger partial charge is 0.493 e. The van der Waals surface area contributed by atoms with Crippen LogP contribution in [-0.4, -0.2) is 65.4 Å². The molecule has 2 N–H and O–H groups in total. The average molecular weight is 641 g/mol. The number of methoxy groups -OCH3 is 1. The zero-order valence-electron chi connectivity index (χ0n) is 28.2. The van der Waals surface area contributed by atoms with Gasteiger partial charge in [-0.15, -0.1) is 0 Å². The van der Waals surface area contributed by atoms with E-state index < -0.39 is 5.97 Å². The van der Waals surface area contributed by atoms with Gasteiger partial charge in [0.1, 0.15) is 11.4 Å². The van der Waals surface area contributed by atoms with E-state index in [-0.39, 0.29) is 0 Å². The molecule has 0 unspecified atom stereocenters. The number of rotatable bonds is 11. The van der Waals surface area contributed by atoms with Crippen molar-refractivity contribution in [2.75, 3.05) is 40.0 Å². The fourth-order valence-electron chi connectivity index (χ4n) is 6.50. The lowest BCUT2D eigenvalue weighted by atomic mass is 9.98. The molecule has 1 aliphatic rings. The quantitative estimate of drug-likeness (QED) is 0.147. The maximum atomic E-state index is 12.9. The number of carboxylic acid groups (broad SMARTS) is 1. The zero-order chi connectivity index (χ0) is 33.2. The van der Waals surface area contributed by atoms with Crippen molar-refractivity contribution in [2.24, 2.45) is 0 Å². The number of fused-ring (bicyclic) bond motifs is 3. The number of hydrogen-bond acceptors (Lipinski definition) is 6. The first-order valence-corrected chi connectivity index (χ1v) is 16.8. The van der Waals surface area contributed by atoms with Gasteiger partial charge in [0, 0.05) is 47.9 Å². The topological polar surface area (TPSA) is 99.8 Å². The van der Waals surface area contributed by atoms with E-state index >= 15 is 0 Å². The van der Waals surface area contributed by atoms with Crippen LogP contribution in [0.25, 0.3) is 32.8 Å². The summed E-state index contributed by atoms with van der Waals surface area (Å²) in [6, 6.07) is 20.4. The summed E-state index contributed by atoms with van der Waals surface area (Å²) >= 11 is 0. The lowest BCUT2D eigenvalue weighted by Gasteiger charge is -2.12. The van der Waals surface area contributed by atoms with Gasteiger partial charge in [-0.3, -0.25) is 4.68 Å². The summed E-state index contributed by atoms with van der Waals surface area (Å²) in [5.41, 5.74) is 6.08. The Morgan fingerprint density at radius 1 is 1.00 bits per heavy atom. The van der Waals surface area contributed by atoms with Crippen molar-refractivity contribution in [1.82, 2.24) is 19.7 Å². The summed E-state index contributed by atoms with van der Waals surface area (Å²) in [7, 11) is 1.69. The Kier molecular flexibility index (Phi) is 12.1. The molecule has 3 heterocycles. The summed E-state index contributed by atoms with van der Waals surface area (Å²) in [4.78, 5) is 12.9. The number of aromatic carboxylic acids is 1. The molecule has 1 aliphatic heterocycles. The number of nitrogens with one attached hydrogen (secondary N) is 1. The number of carbonyl (C=O) groups is 1. The number of nitrogens with zero attached hydrogens (tertiary/aromatic N) is 3. The summed E-state index contributed by atoms with van der Waals surface area (Å²) in [5, 5.41) is 21.7. The second-order valence-electron chi connectivity index (χ2n) is 11.8. The van der Waals surface area contributed by atoms with Crippen LogP contribution in [0.15, 0.2) is 60.7 Å². The molecule has 0 atom stereocenters. The zero-order valence-corrected chi connectivity index (χ0v) is 28.2. The molecule has 0 bridgehead atoms. The van der Waals surface area contributed by atoms with Crippen LogP contribution in [0.2, 0.25) is 0 Å². The maximum absolute atomic E-state index is 12.9. The third-order valence-corrected chi connectivity index (χ3v) is 8.68. The van der Waals surface area contributed by atoms with E-state index in [9.17, 15) is 9.90 Å². The van der Waals surface area contributed by atoms with Gasteiger partial charge < -0.3 is 29.2 Å². The number of para-hydroxylation sites is 1.